The predicted molar refractivity (Wildman–Crippen MR) is 118 cm³/mol. The van der Waals surface area contributed by atoms with Crippen LogP contribution < -0.4 is 5.32 Å². The summed E-state index contributed by atoms with van der Waals surface area (Å²) in [5, 5.41) is 7.49. The maximum Gasteiger partial charge on any atom is 0.253 e. The zero-order valence-electron chi connectivity index (χ0n) is 17.2. The summed E-state index contributed by atoms with van der Waals surface area (Å²) in [6.45, 7) is 3.00. The molecule has 7 nitrogen and oxygen atoms in total. The molecule has 0 bridgehead atoms. The third kappa shape index (κ3) is 4.94. The quantitative estimate of drug-likeness (QED) is 0.620. The Hall–Kier alpha value is -3.19. The average molecular weight is 439 g/mol. The maximum absolute atomic E-state index is 12.9. The SMILES string of the molecule is CCC(=O)Nc1cccc(-c2noc([C@@H]3CCCN(C(=O)c4cccc(Cl)c4)C3)n2)c1. The molecule has 1 aromatic heterocycles. The van der Waals surface area contributed by atoms with Crippen molar-refractivity contribution in [1.29, 1.82) is 0 Å². The number of hydrogen-bond acceptors (Lipinski definition) is 5. The molecule has 3 aromatic rings. The van der Waals surface area contributed by atoms with Crippen LogP contribution in [-0.2, 0) is 4.79 Å². The highest BCUT2D eigenvalue weighted by Crippen LogP contribution is 2.29. The number of aromatic nitrogens is 2. The van der Waals surface area contributed by atoms with Gasteiger partial charge in [-0.05, 0) is 43.2 Å². The van der Waals surface area contributed by atoms with E-state index in [2.05, 4.69) is 15.5 Å². The highest BCUT2D eigenvalue weighted by atomic mass is 35.5. The maximum atomic E-state index is 12.9. The summed E-state index contributed by atoms with van der Waals surface area (Å²) < 4.78 is 5.55. The lowest BCUT2D eigenvalue weighted by Gasteiger charge is -2.31. The number of amides is 2. The second-order valence-corrected chi connectivity index (χ2v) is 7.98. The number of benzene rings is 2. The number of rotatable bonds is 5. The van der Waals surface area contributed by atoms with Crippen molar-refractivity contribution in [3.8, 4) is 11.4 Å². The van der Waals surface area contributed by atoms with E-state index in [1.165, 1.54) is 0 Å². The van der Waals surface area contributed by atoms with Crippen molar-refractivity contribution < 1.29 is 14.1 Å². The van der Waals surface area contributed by atoms with Gasteiger partial charge in [0.2, 0.25) is 17.6 Å². The second-order valence-electron chi connectivity index (χ2n) is 7.54. The molecule has 0 aliphatic carbocycles. The summed E-state index contributed by atoms with van der Waals surface area (Å²) in [5.41, 5.74) is 2.02. The van der Waals surface area contributed by atoms with Crippen LogP contribution in [0, 0.1) is 0 Å². The van der Waals surface area contributed by atoms with E-state index in [4.69, 9.17) is 16.1 Å². The molecule has 1 saturated heterocycles. The van der Waals surface area contributed by atoms with Crippen molar-refractivity contribution >= 4 is 29.1 Å². The van der Waals surface area contributed by atoms with E-state index in [1.807, 2.05) is 29.2 Å². The van der Waals surface area contributed by atoms with Crippen LogP contribution in [0.1, 0.15) is 48.4 Å². The topological polar surface area (TPSA) is 88.3 Å². The van der Waals surface area contributed by atoms with Gasteiger partial charge in [-0.15, -0.1) is 0 Å². The molecule has 2 amide bonds. The first-order chi connectivity index (χ1) is 15.0. The van der Waals surface area contributed by atoms with Gasteiger partial charge in [0.25, 0.3) is 5.91 Å². The predicted octanol–water partition coefficient (Wildman–Crippen LogP) is 4.76. The monoisotopic (exact) mass is 438 g/mol. The van der Waals surface area contributed by atoms with Crippen molar-refractivity contribution in [2.75, 3.05) is 18.4 Å². The van der Waals surface area contributed by atoms with Crippen LogP contribution in [0.25, 0.3) is 11.4 Å². The number of anilines is 1. The molecule has 0 unspecified atom stereocenters. The van der Waals surface area contributed by atoms with Crippen LogP contribution in [0.2, 0.25) is 5.02 Å². The summed E-state index contributed by atoms with van der Waals surface area (Å²) in [4.78, 5) is 30.9. The molecule has 1 N–H and O–H groups in total. The van der Waals surface area contributed by atoms with Crippen molar-refractivity contribution in [2.45, 2.75) is 32.1 Å². The van der Waals surface area contributed by atoms with E-state index in [0.29, 0.717) is 47.5 Å². The molecule has 0 radical (unpaired) electrons. The summed E-state index contributed by atoms with van der Waals surface area (Å²) in [7, 11) is 0. The number of nitrogens with one attached hydrogen (secondary N) is 1. The first kappa shape index (κ1) is 21.1. The fourth-order valence-corrected chi connectivity index (χ4v) is 3.86. The molecule has 2 aromatic carbocycles. The Balaban J connectivity index is 1.48. The van der Waals surface area contributed by atoms with E-state index in [9.17, 15) is 9.59 Å². The van der Waals surface area contributed by atoms with Crippen molar-refractivity contribution in [3.05, 3.63) is 65.0 Å². The van der Waals surface area contributed by atoms with Crippen LogP contribution in [0.4, 0.5) is 5.69 Å². The fraction of sp³-hybridized carbons (Fsp3) is 0.304. The van der Waals surface area contributed by atoms with Crippen molar-refractivity contribution in [2.24, 2.45) is 0 Å². The Labute approximate surface area is 185 Å². The van der Waals surface area contributed by atoms with Gasteiger partial charge in [-0.2, -0.15) is 4.98 Å². The van der Waals surface area contributed by atoms with Gasteiger partial charge in [0.05, 0.1) is 5.92 Å². The number of hydrogen-bond donors (Lipinski definition) is 1. The molecule has 8 heteroatoms. The third-order valence-corrected chi connectivity index (χ3v) is 5.53. The van der Waals surface area contributed by atoms with Crippen molar-refractivity contribution in [1.82, 2.24) is 15.0 Å². The molecule has 160 valence electrons. The van der Waals surface area contributed by atoms with Gasteiger partial charge in [0, 0.05) is 41.3 Å². The van der Waals surface area contributed by atoms with E-state index in [0.717, 1.165) is 18.4 Å². The van der Waals surface area contributed by atoms with Gasteiger partial charge < -0.3 is 14.7 Å². The zero-order valence-corrected chi connectivity index (χ0v) is 17.9. The Morgan fingerprint density at radius 3 is 2.87 bits per heavy atom. The van der Waals surface area contributed by atoms with E-state index in [1.54, 1.807) is 31.2 Å². The molecule has 31 heavy (non-hydrogen) atoms. The smallest absolute Gasteiger partial charge is 0.253 e. The highest BCUT2D eigenvalue weighted by Gasteiger charge is 2.29. The first-order valence-electron chi connectivity index (χ1n) is 10.3. The highest BCUT2D eigenvalue weighted by molar-refractivity contribution is 6.30. The van der Waals surface area contributed by atoms with Crippen molar-refractivity contribution in [3.63, 3.8) is 0 Å². The minimum Gasteiger partial charge on any atom is -0.339 e. The number of nitrogens with zero attached hydrogens (tertiary/aromatic N) is 3. The minimum atomic E-state index is -0.0578. The molecule has 1 atom stereocenters. The van der Waals surface area contributed by atoms with Crippen LogP contribution in [0.3, 0.4) is 0 Å². The van der Waals surface area contributed by atoms with E-state index >= 15 is 0 Å². The Morgan fingerprint density at radius 2 is 2.06 bits per heavy atom. The molecular weight excluding hydrogens is 416 g/mol. The Morgan fingerprint density at radius 1 is 1.23 bits per heavy atom. The van der Waals surface area contributed by atoms with Crippen LogP contribution in [-0.4, -0.2) is 39.9 Å². The molecule has 4 rings (SSSR count). The van der Waals surface area contributed by atoms with E-state index in [-0.39, 0.29) is 17.7 Å². The zero-order chi connectivity index (χ0) is 21.8. The van der Waals surface area contributed by atoms with Gasteiger partial charge >= 0.3 is 0 Å². The fourth-order valence-electron chi connectivity index (χ4n) is 3.67. The molecular formula is C23H23ClN4O3. The molecule has 0 spiro atoms. The number of carbonyl (C=O) groups is 2. The van der Waals surface area contributed by atoms with Crippen LogP contribution >= 0.6 is 11.6 Å². The van der Waals surface area contributed by atoms with Gasteiger partial charge in [-0.1, -0.05) is 41.9 Å². The number of likely N-dealkylation sites (tertiary alicyclic amines) is 1. The van der Waals surface area contributed by atoms with Gasteiger partial charge in [-0.25, -0.2) is 0 Å². The number of carbonyl (C=O) groups excluding carboxylic acids is 2. The minimum absolute atomic E-state index is 0.0267. The van der Waals surface area contributed by atoms with Crippen LogP contribution in [0.5, 0.6) is 0 Å². The second kappa shape index (κ2) is 9.31. The number of piperidine rings is 1. The standard InChI is InChI=1S/C23H23ClN4O3/c1-2-20(29)25-19-10-4-6-15(13-19)21-26-22(31-27-21)17-8-5-11-28(14-17)23(30)16-7-3-9-18(24)12-16/h3-4,6-7,9-10,12-13,17H,2,5,8,11,14H2,1H3,(H,25,29)/t17-/m1/s1. The van der Waals surface area contributed by atoms with Gasteiger partial charge in [0.1, 0.15) is 0 Å². The summed E-state index contributed by atoms with van der Waals surface area (Å²) in [6.07, 6.45) is 2.13. The molecule has 1 aliphatic heterocycles. The van der Waals surface area contributed by atoms with E-state index < -0.39 is 0 Å². The molecule has 2 heterocycles. The number of halogens is 1. The molecule has 1 aliphatic rings. The summed E-state index contributed by atoms with van der Waals surface area (Å²) in [6, 6.07) is 14.3. The van der Waals surface area contributed by atoms with Gasteiger partial charge in [0.15, 0.2) is 0 Å². The lowest BCUT2D eigenvalue weighted by Crippen LogP contribution is -2.39. The largest absolute Gasteiger partial charge is 0.339 e. The third-order valence-electron chi connectivity index (χ3n) is 5.30. The Kier molecular flexibility index (Phi) is 6.32. The summed E-state index contributed by atoms with van der Waals surface area (Å²) in [5.74, 6) is 0.840. The normalized spacial score (nSPS) is 16.2. The average Bonchev–Trinajstić information content (AvgIpc) is 3.29. The van der Waals surface area contributed by atoms with Crippen LogP contribution in [0.15, 0.2) is 53.1 Å². The lowest BCUT2D eigenvalue weighted by atomic mass is 9.97. The first-order valence-corrected chi connectivity index (χ1v) is 10.7. The molecule has 1 fully saturated rings. The van der Waals surface area contributed by atoms with Gasteiger partial charge in [-0.3, -0.25) is 9.59 Å². The Bertz CT molecular complexity index is 1100. The lowest BCUT2D eigenvalue weighted by molar-refractivity contribution is -0.115. The summed E-state index contributed by atoms with van der Waals surface area (Å²) >= 11 is 6.03. The molecule has 0 saturated carbocycles.